The molecule has 0 bridgehead atoms. The minimum atomic E-state index is -0.415. The van der Waals surface area contributed by atoms with Gasteiger partial charge in [-0.2, -0.15) is 5.11 Å². The van der Waals surface area contributed by atoms with Gasteiger partial charge in [0.1, 0.15) is 0 Å². The van der Waals surface area contributed by atoms with Crippen LogP contribution in [0.1, 0.15) is 32.8 Å². The number of benzene rings is 1. The summed E-state index contributed by atoms with van der Waals surface area (Å²) in [5, 5.41) is 11.6. The number of hydrogen-bond donors (Lipinski definition) is 1. The van der Waals surface area contributed by atoms with Crippen molar-refractivity contribution >= 4 is 5.78 Å². The molecule has 2 aliphatic rings. The number of carbonyl (C=O) groups is 1. The van der Waals surface area contributed by atoms with Crippen molar-refractivity contribution < 1.29 is 4.79 Å². The Kier molecular flexibility index (Phi) is 3.24. The van der Waals surface area contributed by atoms with Crippen molar-refractivity contribution in [2.45, 2.75) is 32.6 Å². The van der Waals surface area contributed by atoms with Gasteiger partial charge < -0.3 is 5.32 Å². The van der Waals surface area contributed by atoms with Gasteiger partial charge >= 0.3 is 0 Å². The minimum Gasteiger partial charge on any atom is -0.342 e. The van der Waals surface area contributed by atoms with Crippen LogP contribution in [0.15, 0.2) is 63.2 Å². The molecule has 1 atom stereocenters. The Bertz CT molecular complexity index is 685. The van der Waals surface area contributed by atoms with Crippen LogP contribution >= 0.6 is 0 Å². The lowest BCUT2D eigenvalue weighted by Crippen LogP contribution is -2.41. The Balaban J connectivity index is 2.31. The van der Waals surface area contributed by atoms with Crippen molar-refractivity contribution in [3.05, 3.63) is 58.6 Å². The lowest BCUT2D eigenvalue weighted by Gasteiger charge is -2.40. The Hall–Kier alpha value is -2.23. The van der Waals surface area contributed by atoms with Crippen LogP contribution in [0, 0.1) is 0 Å². The van der Waals surface area contributed by atoms with Gasteiger partial charge in [0, 0.05) is 16.8 Å². The van der Waals surface area contributed by atoms with Crippen molar-refractivity contribution in [1.29, 1.82) is 0 Å². The van der Waals surface area contributed by atoms with Crippen molar-refractivity contribution in [3.8, 4) is 0 Å². The lowest BCUT2D eigenvalue weighted by atomic mass is 9.64. The molecule has 21 heavy (non-hydrogen) atoms. The number of dihydropyridines is 1. The number of rotatable bonds is 3. The summed E-state index contributed by atoms with van der Waals surface area (Å²) >= 11 is 0. The smallest absolute Gasteiger partial charge is 0.158 e. The van der Waals surface area contributed by atoms with Gasteiger partial charge in [-0.1, -0.05) is 37.3 Å². The summed E-state index contributed by atoms with van der Waals surface area (Å²) in [4.78, 5) is 12.4. The molecule has 108 valence electrons. The van der Waals surface area contributed by atoms with Gasteiger partial charge in [0.2, 0.25) is 0 Å². The lowest BCUT2D eigenvalue weighted by molar-refractivity contribution is -0.114. The van der Waals surface area contributed by atoms with Crippen LogP contribution in [-0.2, 0) is 10.2 Å². The number of carbonyl (C=O) groups excluding carboxylic acids is 1. The first kappa shape index (κ1) is 13.7. The number of nitrogens with one attached hydrogen (secondary N) is 1. The molecule has 0 radical (unpaired) electrons. The molecule has 0 fully saturated rings. The van der Waals surface area contributed by atoms with E-state index in [9.17, 15) is 4.79 Å². The van der Waals surface area contributed by atoms with Gasteiger partial charge in [0.15, 0.2) is 11.6 Å². The molecule has 2 heterocycles. The molecular formula is C17H19N3O. The fourth-order valence-electron chi connectivity index (χ4n) is 3.66. The topological polar surface area (TPSA) is 53.8 Å². The third kappa shape index (κ3) is 1.86. The summed E-state index contributed by atoms with van der Waals surface area (Å²) in [7, 11) is 0. The van der Waals surface area contributed by atoms with E-state index in [4.69, 9.17) is 0 Å². The standard InChI is InChI=1S/C17H19N3O/c1-4-17(13-8-6-5-7-9-13)14-10-18-20-16(14)19-11(2)15(17)12(3)21/h5-9,19H,4,10H2,1-3H3. The average Bonchev–Trinajstić information content (AvgIpc) is 2.94. The first-order chi connectivity index (χ1) is 10.1. The van der Waals surface area contributed by atoms with E-state index in [1.165, 1.54) is 0 Å². The van der Waals surface area contributed by atoms with E-state index in [2.05, 4.69) is 34.6 Å². The zero-order valence-electron chi connectivity index (χ0n) is 12.6. The second-order valence-corrected chi connectivity index (χ2v) is 5.53. The van der Waals surface area contributed by atoms with Crippen molar-refractivity contribution in [2.24, 2.45) is 10.2 Å². The average molecular weight is 281 g/mol. The van der Waals surface area contributed by atoms with Crippen LogP contribution < -0.4 is 5.32 Å². The normalized spacial score (nSPS) is 24.1. The van der Waals surface area contributed by atoms with Gasteiger partial charge in [-0.15, -0.1) is 5.11 Å². The molecule has 0 amide bonds. The Morgan fingerprint density at radius 3 is 2.67 bits per heavy atom. The maximum absolute atomic E-state index is 12.4. The number of allylic oxidation sites excluding steroid dienone is 2. The summed E-state index contributed by atoms with van der Waals surface area (Å²) in [6, 6.07) is 10.2. The molecule has 3 rings (SSSR count). The monoisotopic (exact) mass is 281 g/mol. The highest BCUT2D eigenvalue weighted by Gasteiger charge is 2.46. The Morgan fingerprint density at radius 1 is 1.33 bits per heavy atom. The van der Waals surface area contributed by atoms with E-state index in [0.29, 0.717) is 6.54 Å². The molecule has 0 saturated carbocycles. The van der Waals surface area contributed by atoms with E-state index < -0.39 is 5.41 Å². The van der Waals surface area contributed by atoms with Crippen molar-refractivity contribution in [1.82, 2.24) is 5.32 Å². The molecule has 0 spiro atoms. The fourth-order valence-corrected chi connectivity index (χ4v) is 3.66. The van der Waals surface area contributed by atoms with E-state index in [0.717, 1.165) is 34.6 Å². The van der Waals surface area contributed by atoms with Crippen LogP contribution in [-0.4, -0.2) is 12.3 Å². The first-order valence-electron chi connectivity index (χ1n) is 7.27. The predicted octanol–water partition coefficient (Wildman–Crippen LogP) is 3.48. The number of Topliss-reactive ketones (excluding diaryl/α,β-unsaturated/α-hetero) is 1. The highest BCUT2D eigenvalue weighted by Crippen LogP contribution is 2.48. The van der Waals surface area contributed by atoms with Crippen molar-refractivity contribution in [2.75, 3.05) is 6.54 Å². The quantitative estimate of drug-likeness (QED) is 0.922. The van der Waals surface area contributed by atoms with Gasteiger partial charge in [-0.3, -0.25) is 4.79 Å². The summed E-state index contributed by atoms with van der Waals surface area (Å²) < 4.78 is 0. The second-order valence-electron chi connectivity index (χ2n) is 5.53. The van der Waals surface area contributed by atoms with E-state index in [-0.39, 0.29) is 5.78 Å². The molecular weight excluding hydrogens is 262 g/mol. The zero-order valence-corrected chi connectivity index (χ0v) is 12.6. The molecule has 4 nitrogen and oxygen atoms in total. The molecule has 1 aromatic carbocycles. The number of ketones is 1. The molecule has 2 aliphatic heterocycles. The fraction of sp³-hybridized carbons (Fsp3) is 0.353. The first-order valence-corrected chi connectivity index (χ1v) is 7.27. The Labute approximate surface area is 124 Å². The third-order valence-electron chi connectivity index (χ3n) is 4.46. The molecule has 0 aliphatic carbocycles. The third-order valence-corrected chi connectivity index (χ3v) is 4.46. The van der Waals surface area contributed by atoms with Gasteiger partial charge in [0.25, 0.3) is 0 Å². The number of azo groups is 1. The zero-order chi connectivity index (χ0) is 15.0. The highest BCUT2D eigenvalue weighted by molar-refractivity contribution is 5.98. The predicted molar refractivity (Wildman–Crippen MR) is 81.7 cm³/mol. The molecule has 1 unspecified atom stereocenters. The Morgan fingerprint density at radius 2 is 2.05 bits per heavy atom. The molecule has 0 saturated heterocycles. The molecule has 1 aromatic rings. The van der Waals surface area contributed by atoms with E-state index >= 15 is 0 Å². The summed E-state index contributed by atoms with van der Waals surface area (Å²) in [5.74, 6) is 0.910. The van der Waals surface area contributed by atoms with Crippen LogP contribution in [0.2, 0.25) is 0 Å². The second kappa shape index (κ2) is 4.95. The van der Waals surface area contributed by atoms with Crippen LogP contribution in [0.3, 0.4) is 0 Å². The summed E-state index contributed by atoms with van der Waals surface area (Å²) in [5.41, 5.74) is 3.54. The van der Waals surface area contributed by atoms with E-state index in [1.807, 2.05) is 25.1 Å². The molecule has 4 heteroatoms. The summed E-state index contributed by atoms with van der Waals surface area (Å²) in [6.45, 7) is 6.26. The minimum absolute atomic E-state index is 0.101. The highest BCUT2D eigenvalue weighted by atomic mass is 16.1. The van der Waals surface area contributed by atoms with Gasteiger partial charge in [-0.25, -0.2) is 0 Å². The van der Waals surface area contributed by atoms with Crippen LogP contribution in [0.5, 0.6) is 0 Å². The van der Waals surface area contributed by atoms with Gasteiger partial charge in [-0.05, 0) is 25.8 Å². The largest absolute Gasteiger partial charge is 0.342 e. The molecule has 1 N–H and O–H groups in total. The number of hydrogen-bond acceptors (Lipinski definition) is 4. The van der Waals surface area contributed by atoms with Gasteiger partial charge in [0.05, 0.1) is 12.0 Å². The maximum atomic E-state index is 12.4. The van der Waals surface area contributed by atoms with Crippen LogP contribution in [0.4, 0.5) is 0 Å². The number of nitrogens with zero attached hydrogens (tertiary/aromatic N) is 2. The van der Waals surface area contributed by atoms with Crippen LogP contribution in [0.25, 0.3) is 0 Å². The summed E-state index contributed by atoms with van der Waals surface area (Å²) in [6.07, 6.45) is 0.814. The molecule has 0 aromatic heterocycles. The van der Waals surface area contributed by atoms with E-state index in [1.54, 1.807) is 6.92 Å². The SMILES string of the molecule is CCC1(c2ccccc2)C2=C(N=NC2)NC(C)=C1C(C)=O. The maximum Gasteiger partial charge on any atom is 0.158 e. The van der Waals surface area contributed by atoms with Crippen molar-refractivity contribution in [3.63, 3.8) is 0 Å².